The van der Waals surface area contributed by atoms with Gasteiger partial charge in [-0.2, -0.15) is 13.2 Å². The molecule has 0 saturated carbocycles. The Hall–Kier alpha value is -1.80. The summed E-state index contributed by atoms with van der Waals surface area (Å²) < 4.78 is 49.6. The van der Waals surface area contributed by atoms with Crippen molar-refractivity contribution < 1.29 is 27.4 Å². The third-order valence-electron chi connectivity index (χ3n) is 5.69. The molecule has 1 saturated heterocycles. The maximum atomic E-state index is 12.8. The van der Waals surface area contributed by atoms with Gasteiger partial charge in [0.05, 0.1) is 18.6 Å². The molecule has 0 spiro atoms. The Balaban J connectivity index is 1.75. The lowest BCUT2D eigenvalue weighted by Crippen LogP contribution is -2.56. The number of ether oxygens (including phenoxy) is 2. The van der Waals surface area contributed by atoms with E-state index in [2.05, 4.69) is 11.8 Å². The maximum Gasteiger partial charge on any atom is 0.410 e. The summed E-state index contributed by atoms with van der Waals surface area (Å²) in [4.78, 5) is 16.4. The van der Waals surface area contributed by atoms with Crippen molar-refractivity contribution >= 4 is 6.09 Å². The predicted molar refractivity (Wildman–Crippen MR) is 107 cm³/mol. The van der Waals surface area contributed by atoms with Gasteiger partial charge in [-0.3, -0.25) is 4.90 Å². The molecule has 0 N–H and O–H groups in total. The molecule has 30 heavy (non-hydrogen) atoms. The number of benzene rings is 1. The monoisotopic (exact) mass is 428 g/mol. The van der Waals surface area contributed by atoms with Crippen molar-refractivity contribution in [2.75, 3.05) is 26.7 Å². The average molecular weight is 428 g/mol. The van der Waals surface area contributed by atoms with Crippen LogP contribution in [0.5, 0.6) is 0 Å². The molecule has 3 rings (SSSR count). The molecule has 1 aromatic carbocycles. The van der Waals surface area contributed by atoms with E-state index in [1.807, 2.05) is 26.8 Å². The Morgan fingerprint density at radius 2 is 1.90 bits per heavy atom. The van der Waals surface area contributed by atoms with Gasteiger partial charge in [0.1, 0.15) is 5.60 Å². The number of fused-ring (bicyclic) bond motifs is 1. The van der Waals surface area contributed by atoms with Crippen LogP contribution in [0.15, 0.2) is 18.2 Å². The first-order chi connectivity index (χ1) is 13.9. The summed E-state index contributed by atoms with van der Waals surface area (Å²) in [6, 6.07) is 5.07. The summed E-state index contributed by atoms with van der Waals surface area (Å²) in [6.07, 6.45) is -5.01. The van der Waals surface area contributed by atoms with Crippen molar-refractivity contribution in [1.82, 2.24) is 9.80 Å². The summed E-state index contributed by atoms with van der Waals surface area (Å²) in [5.74, 6) is 0. The van der Waals surface area contributed by atoms with Gasteiger partial charge in [-0.15, -0.1) is 0 Å². The van der Waals surface area contributed by atoms with Crippen LogP contribution in [0.4, 0.5) is 18.0 Å². The average Bonchev–Trinajstić information content (AvgIpc) is 2.96. The van der Waals surface area contributed by atoms with Crippen molar-refractivity contribution in [3.63, 3.8) is 0 Å². The number of nitrogens with zero attached hydrogens (tertiary/aromatic N) is 2. The Morgan fingerprint density at radius 3 is 2.47 bits per heavy atom. The largest absolute Gasteiger partial charge is 0.444 e. The second-order valence-corrected chi connectivity index (χ2v) is 9.26. The van der Waals surface area contributed by atoms with Gasteiger partial charge in [-0.25, -0.2) is 4.79 Å². The van der Waals surface area contributed by atoms with Crippen LogP contribution in [-0.4, -0.2) is 66.6 Å². The number of hydrogen-bond acceptors (Lipinski definition) is 4. The van der Waals surface area contributed by atoms with Crippen molar-refractivity contribution in [2.24, 2.45) is 0 Å². The van der Waals surface area contributed by atoms with Crippen LogP contribution in [0.2, 0.25) is 0 Å². The molecule has 168 valence electrons. The fraction of sp³-hybridized carbons (Fsp3) is 0.682. The van der Waals surface area contributed by atoms with Gasteiger partial charge in [-0.05, 0) is 44.4 Å². The Labute approximate surface area is 176 Å². The minimum atomic E-state index is -4.22. The highest BCUT2D eigenvalue weighted by Crippen LogP contribution is 2.40. The van der Waals surface area contributed by atoms with Gasteiger partial charge < -0.3 is 14.4 Å². The fourth-order valence-electron chi connectivity index (χ4n) is 4.48. The number of rotatable bonds is 3. The third kappa shape index (κ3) is 5.27. The van der Waals surface area contributed by atoms with E-state index in [0.717, 1.165) is 11.1 Å². The lowest BCUT2D eigenvalue weighted by molar-refractivity contribution is -0.127. The number of hydrogen-bond donors (Lipinski definition) is 0. The number of carbonyl (C=O) groups excluding carboxylic acids is 1. The smallest absolute Gasteiger partial charge is 0.410 e. The zero-order chi connectivity index (χ0) is 22.3. The number of methoxy groups -OCH3 is 1. The van der Waals surface area contributed by atoms with Crippen LogP contribution < -0.4 is 0 Å². The van der Waals surface area contributed by atoms with E-state index >= 15 is 0 Å². The highest BCUT2D eigenvalue weighted by Gasteiger charge is 2.42. The Kier molecular flexibility index (Phi) is 6.39. The lowest BCUT2D eigenvalue weighted by Gasteiger charge is -2.44. The summed E-state index contributed by atoms with van der Waals surface area (Å²) in [6.45, 7) is 9.30. The van der Waals surface area contributed by atoms with Crippen LogP contribution in [0.3, 0.4) is 0 Å². The highest BCUT2D eigenvalue weighted by atomic mass is 19.4. The zero-order valence-electron chi connectivity index (χ0n) is 18.3. The molecule has 1 amide bonds. The van der Waals surface area contributed by atoms with E-state index in [-0.39, 0.29) is 29.8 Å². The molecule has 2 unspecified atom stereocenters. The molecule has 1 aromatic rings. The SMILES string of the molecule is COC1Cc2cc(CC(F)(F)F)ccc2C1N1CCN(C(=O)OC(C)(C)C)C[C@@H]1C. The van der Waals surface area contributed by atoms with E-state index in [9.17, 15) is 18.0 Å². The van der Waals surface area contributed by atoms with Crippen LogP contribution >= 0.6 is 0 Å². The summed E-state index contributed by atoms with van der Waals surface area (Å²) in [5.41, 5.74) is 1.66. The second kappa shape index (κ2) is 8.38. The van der Waals surface area contributed by atoms with Crippen molar-refractivity contribution in [3.8, 4) is 0 Å². The standard InChI is InChI=1S/C22H31F3N2O3/c1-14-13-26(20(28)30-21(2,3)4)8-9-27(14)19-17-7-6-15(12-22(23,24)25)10-16(17)11-18(19)29-5/h6-7,10,14,18-19H,8-9,11-13H2,1-5H3/t14-,18?,19?/m0/s1. The second-order valence-electron chi connectivity index (χ2n) is 9.26. The zero-order valence-corrected chi connectivity index (χ0v) is 18.3. The molecule has 1 aliphatic carbocycles. The molecule has 2 aliphatic rings. The number of alkyl halides is 3. The van der Waals surface area contributed by atoms with Gasteiger partial charge in [0.25, 0.3) is 0 Å². The molecular formula is C22H31F3N2O3. The van der Waals surface area contributed by atoms with Crippen LogP contribution in [0.25, 0.3) is 0 Å². The fourth-order valence-corrected chi connectivity index (χ4v) is 4.48. The van der Waals surface area contributed by atoms with Gasteiger partial charge in [0, 0.05) is 39.2 Å². The molecule has 0 radical (unpaired) electrons. The summed E-state index contributed by atoms with van der Waals surface area (Å²) in [5, 5.41) is 0. The van der Waals surface area contributed by atoms with E-state index in [1.54, 1.807) is 24.1 Å². The first-order valence-corrected chi connectivity index (χ1v) is 10.3. The number of halogens is 3. The summed E-state index contributed by atoms with van der Waals surface area (Å²) in [7, 11) is 1.64. The molecule has 1 heterocycles. The molecule has 0 aromatic heterocycles. The van der Waals surface area contributed by atoms with E-state index < -0.39 is 18.2 Å². The topological polar surface area (TPSA) is 42.0 Å². The molecule has 8 heteroatoms. The van der Waals surface area contributed by atoms with Gasteiger partial charge in [0.2, 0.25) is 0 Å². The number of piperazine rings is 1. The predicted octanol–water partition coefficient (Wildman–Crippen LogP) is 4.34. The summed E-state index contributed by atoms with van der Waals surface area (Å²) >= 11 is 0. The minimum Gasteiger partial charge on any atom is -0.444 e. The quantitative estimate of drug-likeness (QED) is 0.718. The van der Waals surface area contributed by atoms with Crippen LogP contribution in [0, 0.1) is 0 Å². The minimum absolute atomic E-state index is 0.0410. The first-order valence-electron chi connectivity index (χ1n) is 10.3. The van der Waals surface area contributed by atoms with E-state index in [4.69, 9.17) is 9.47 Å². The molecule has 1 fully saturated rings. The molecular weight excluding hydrogens is 397 g/mol. The first kappa shape index (κ1) is 22.9. The van der Waals surface area contributed by atoms with Crippen molar-refractivity contribution in [2.45, 2.75) is 70.5 Å². The van der Waals surface area contributed by atoms with Gasteiger partial charge in [-0.1, -0.05) is 18.2 Å². The highest BCUT2D eigenvalue weighted by molar-refractivity contribution is 5.68. The van der Waals surface area contributed by atoms with Crippen LogP contribution in [-0.2, 0) is 22.3 Å². The van der Waals surface area contributed by atoms with E-state index in [0.29, 0.717) is 26.1 Å². The third-order valence-corrected chi connectivity index (χ3v) is 5.69. The maximum absolute atomic E-state index is 12.8. The van der Waals surface area contributed by atoms with Crippen molar-refractivity contribution in [1.29, 1.82) is 0 Å². The molecule has 5 nitrogen and oxygen atoms in total. The van der Waals surface area contributed by atoms with Crippen molar-refractivity contribution in [3.05, 3.63) is 34.9 Å². The normalized spacial score (nSPS) is 25.3. The Bertz CT molecular complexity index is 776. The number of carbonyl (C=O) groups is 1. The lowest BCUT2D eigenvalue weighted by atomic mass is 10.00. The Morgan fingerprint density at radius 1 is 1.20 bits per heavy atom. The molecule has 1 aliphatic heterocycles. The van der Waals surface area contributed by atoms with Gasteiger partial charge >= 0.3 is 12.3 Å². The van der Waals surface area contributed by atoms with E-state index in [1.165, 1.54) is 0 Å². The van der Waals surface area contributed by atoms with Crippen LogP contribution in [0.1, 0.15) is 50.4 Å². The number of amides is 1. The molecule has 3 atom stereocenters. The van der Waals surface area contributed by atoms with Gasteiger partial charge in [0.15, 0.2) is 0 Å². The molecule has 0 bridgehead atoms.